The Bertz CT molecular complexity index is 1420. The molecule has 2 aromatic heterocycles. The number of amides is 4. The van der Waals surface area contributed by atoms with Crippen LogP contribution in [0, 0.1) is 11.2 Å². The number of imide groups is 2. The van der Waals surface area contributed by atoms with Gasteiger partial charge in [-0.3, -0.25) is 25.2 Å². The van der Waals surface area contributed by atoms with E-state index in [9.17, 15) is 14.4 Å². The number of benzene rings is 1. The average molecular weight is 501 g/mol. The molecule has 3 aliphatic rings. The van der Waals surface area contributed by atoms with Crippen LogP contribution in [0.2, 0.25) is 5.15 Å². The van der Waals surface area contributed by atoms with Gasteiger partial charge in [-0.25, -0.2) is 14.2 Å². The molecule has 2 saturated heterocycles. The molecule has 0 bridgehead atoms. The van der Waals surface area contributed by atoms with Crippen LogP contribution in [0.1, 0.15) is 19.4 Å². The lowest BCUT2D eigenvalue weighted by molar-refractivity contribution is -0.153. The molecule has 6 rings (SSSR count). The fourth-order valence-corrected chi connectivity index (χ4v) is 5.74. The van der Waals surface area contributed by atoms with Gasteiger partial charge >= 0.3 is 6.03 Å². The molecule has 180 valence electrons. The van der Waals surface area contributed by atoms with Crippen LogP contribution in [0.4, 0.5) is 14.9 Å². The monoisotopic (exact) mass is 500 g/mol. The number of carbonyl (C=O) groups is 3. The maximum Gasteiger partial charge on any atom is 0.328 e. The van der Waals surface area contributed by atoms with Crippen LogP contribution in [0.15, 0.2) is 23.0 Å². The van der Waals surface area contributed by atoms with E-state index in [1.165, 1.54) is 12.4 Å². The van der Waals surface area contributed by atoms with Crippen molar-refractivity contribution in [3.8, 4) is 11.4 Å². The van der Waals surface area contributed by atoms with E-state index in [0.717, 1.165) is 0 Å². The summed E-state index contributed by atoms with van der Waals surface area (Å²) in [6.07, 6.45) is 1.65. The van der Waals surface area contributed by atoms with Gasteiger partial charge in [-0.15, -0.1) is 0 Å². The van der Waals surface area contributed by atoms with E-state index >= 15 is 4.39 Å². The largest absolute Gasteiger partial charge is 0.372 e. The molecule has 3 atom stereocenters. The molecule has 2 N–H and O–H groups in total. The minimum absolute atomic E-state index is 0.102. The number of hydrogen-bond donors (Lipinski definition) is 2. The zero-order valence-corrected chi connectivity index (χ0v) is 19.2. The van der Waals surface area contributed by atoms with E-state index in [1.54, 1.807) is 17.9 Å². The van der Waals surface area contributed by atoms with Crippen molar-refractivity contribution in [3.63, 3.8) is 0 Å². The number of nitrogens with one attached hydrogen (secondary N) is 2. The molecule has 13 heteroatoms. The molecule has 1 aromatic carbocycles. The Morgan fingerprint density at radius 3 is 2.66 bits per heavy atom. The van der Waals surface area contributed by atoms with Crippen LogP contribution in [-0.2, 0) is 20.7 Å². The molecule has 3 aromatic rings. The van der Waals surface area contributed by atoms with Crippen molar-refractivity contribution in [2.24, 2.45) is 5.41 Å². The number of hydrogen-bond acceptors (Lipinski definition) is 9. The number of aromatic nitrogens is 3. The highest BCUT2D eigenvalue weighted by Crippen LogP contribution is 2.49. The summed E-state index contributed by atoms with van der Waals surface area (Å²) in [5.74, 6) is -2.20. The third-order valence-corrected chi connectivity index (χ3v) is 6.99. The van der Waals surface area contributed by atoms with Gasteiger partial charge in [-0.2, -0.15) is 0 Å². The van der Waals surface area contributed by atoms with E-state index in [2.05, 4.69) is 25.8 Å². The van der Waals surface area contributed by atoms with Gasteiger partial charge in [0.15, 0.2) is 11.2 Å². The van der Waals surface area contributed by atoms with Gasteiger partial charge in [-0.05, 0) is 25.5 Å². The van der Waals surface area contributed by atoms with Gasteiger partial charge < -0.3 is 14.2 Å². The number of ether oxygens (including phenoxy) is 1. The predicted octanol–water partition coefficient (Wildman–Crippen LogP) is 1.97. The second kappa shape index (κ2) is 7.43. The number of nitrogens with zero attached hydrogens (tertiary/aromatic N) is 4. The Morgan fingerprint density at radius 1 is 1.20 bits per heavy atom. The van der Waals surface area contributed by atoms with Crippen molar-refractivity contribution >= 4 is 46.1 Å². The molecule has 2 fully saturated rings. The summed E-state index contributed by atoms with van der Waals surface area (Å²) in [5, 5.41) is 8.81. The number of rotatable bonds is 1. The first-order valence-corrected chi connectivity index (χ1v) is 11.3. The molecular weight excluding hydrogens is 483 g/mol. The SMILES string of the molecule is C[C@H]1CN2c3c(cc4c(-c5cncc(Cl)n5)noc4c3F)CC3(C(=O)NC(=O)NC3=O)[C@@H]2[C@@H](C)O1. The van der Waals surface area contributed by atoms with Gasteiger partial charge in [-0.1, -0.05) is 16.8 Å². The van der Waals surface area contributed by atoms with Gasteiger partial charge in [0, 0.05) is 13.0 Å². The topological polar surface area (TPSA) is 140 Å². The van der Waals surface area contributed by atoms with E-state index in [0.29, 0.717) is 5.56 Å². The van der Waals surface area contributed by atoms with Crippen molar-refractivity contribution in [1.29, 1.82) is 0 Å². The summed E-state index contributed by atoms with van der Waals surface area (Å²) in [5.41, 5.74) is -0.766. The first-order chi connectivity index (χ1) is 16.7. The summed E-state index contributed by atoms with van der Waals surface area (Å²) in [4.78, 5) is 48.2. The van der Waals surface area contributed by atoms with Crippen LogP contribution in [-0.4, -0.2) is 57.8 Å². The number of anilines is 1. The van der Waals surface area contributed by atoms with E-state index in [4.69, 9.17) is 20.9 Å². The normalized spacial score (nSPS) is 25.3. The highest BCUT2D eigenvalue weighted by molar-refractivity contribution is 6.29. The molecule has 5 heterocycles. The highest BCUT2D eigenvalue weighted by atomic mass is 35.5. The number of fused-ring (bicyclic) bond motifs is 5. The first-order valence-electron chi connectivity index (χ1n) is 10.9. The molecule has 3 aliphatic heterocycles. The molecule has 0 saturated carbocycles. The lowest BCUT2D eigenvalue weighted by Gasteiger charge is -2.55. The number of urea groups is 1. The molecule has 0 unspecified atom stereocenters. The summed E-state index contributed by atoms with van der Waals surface area (Å²) in [6, 6.07) is -0.141. The summed E-state index contributed by atoms with van der Waals surface area (Å²) in [7, 11) is 0. The number of carbonyl (C=O) groups excluding carboxylic acids is 3. The van der Waals surface area contributed by atoms with Gasteiger partial charge in [0.2, 0.25) is 17.4 Å². The molecule has 4 amide bonds. The van der Waals surface area contributed by atoms with Crippen molar-refractivity contribution < 1.29 is 28.0 Å². The van der Waals surface area contributed by atoms with Crippen LogP contribution in [0.5, 0.6) is 0 Å². The van der Waals surface area contributed by atoms with Gasteiger partial charge in [0.1, 0.15) is 16.5 Å². The van der Waals surface area contributed by atoms with Crippen molar-refractivity contribution in [3.05, 3.63) is 35.0 Å². The third-order valence-electron chi connectivity index (χ3n) is 6.81. The van der Waals surface area contributed by atoms with Crippen LogP contribution in [0.3, 0.4) is 0 Å². The van der Waals surface area contributed by atoms with Crippen LogP contribution >= 0.6 is 11.6 Å². The molecule has 1 spiro atoms. The minimum Gasteiger partial charge on any atom is -0.372 e. The average Bonchev–Trinajstić information content (AvgIpc) is 3.21. The van der Waals surface area contributed by atoms with Gasteiger partial charge in [0.25, 0.3) is 0 Å². The van der Waals surface area contributed by atoms with Crippen LogP contribution in [0.25, 0.3) is 22.4 Å². The Hall–Kier alpha value is -3.64. The van der Waals surface area contributed by atoms with Crippen molar-refractivity contribution in [1.82, 2.24) is 25.8 Å². The first kappa shape index (κ1) is 21.9. The Labute approximate surface area is 201 Å². The standard InChI is InChI=1S/C22H18ClFN6O5/c1-8-7-30-16-10(4-22(18(30)9(2)34-8)19(31)27-21(33)28-20(22)32)3-11-15(29-35-17(11)14(16)24)12-5-25-6-13(23)26-12/h3,5-6,8-9,18H,4,7H2,1-2H3,(H2,27,28,31,32,33)/t8-,9+,18-/m0/s1. The lowest BCUT2D eigenvalue weighted by atomic mass is 9.66. The number of morpholine rings is 1. The zero-order valence-electron chi connectivity index (χ0n) is 18.5. The fourth-order valence-electron chi connectivity index (χ4n) is 5.59. The second-order valence-electron chi connectivity index (χ2n) is 8.97. The second-order valence-corrected chi connectivity index (χ2v) is 9.35. The molecule has 35 heavy (non-hydrogen) atoms. The summed E-state index contributed by atoms with van der Waals surface area (Å²) >= 11 is 5.96. The Morgan fingerprint density at radius 2 is 1.94 bits per heavy atom. The maximum absolute atomic E-state index is 16.1. The van der Waals surface area contributed by atoms with E-state index in [-0.39, 0.29) is 52.3 Å². The Kier molecular flexibility index (Phi) is 4.64. The number of halogens is 2. The fraction of sp³-hybridized carbons (Fsp3) is 0.364. The van der Waals surface area contributed by atoms with Gasteiger partial charge in [0.05, 0.1) is 41.7 Å². The summed E-state index contributed by atoms with van der Waals surface area (Å²) in [6.45, 7) is 3.75. The van der Waals surface area contributed by atoms with Crippen molar-refractivity contribution in [2.75, 3.05) is 11.4 Å². The van der Waals surface area contributed by atoms with Crippen LogP contribution < -0.4 is 15.5 Å². The molecule has 0 aliphatic carbocycles. The molecule has 0 radical (unpaired) electrons. The highest BCUT2D eigenvalue weighted by Gasteiger charge is 2.63. The minimum atomic E-state index is -1.73. The van der Waals surface area contributed by atoms with E-state index < -0.39 is 41.2 Å². The quantitative estimate of drug-likeness (QED) is 0.480. The summed E-state index contributed by atoms with van der Waals surface area (Å²) < 4.78 is 27.4. The smallest absolute Gasteiger partial charge is 0.328 e. The van der Waals surface area contributed by atoms with E-state index in [1.807, 2.05) is 6.92 Å². The third kappa shape index (κ3) is 2.99. The zero-order chi connectivity index (χ0) is 24.6. The van der Waals surface area contributed by atoms with Crippen molar-refractivity contribution in [2.45, 2.75) is 38.5 Å². The Balaban J connectivity index is 1.60. The predicted molar refractivity (Wildman–Crippen MR) is 119 cm³/mol. The maximum atomic E-state index is 16.1. The number of barbiturate groups is 1. The lowest BCUT2D eigenvalue weighted by Crippen LogP contribution is -2.75. The molecule has 11 nitrogen and oxygen atoms in total. The molecular formula is C22H18ClFN6O5.